The van der Waals surface area contributed by atoms with Gasteiger partial charge >= 0.3 is 0 Å². The van der Waals surface area contributed by atoms with Crippen molar-refractivity contribution in [1.82, 2.24) is 0 Å². The number of hydrogen-bond donors (Lipinski definition) is 0. The third kappa shape index (κ3) is 3.64. The van der Waals surface area contributed by atoms with Crippen molar-refractivity contribution in [2.45, 2.75) is 25.7 Å². The van der Waals surface area contributed by atoms with Gasteiger partial charge in [-0.05, 0) is 82.4 Å². The Bertz CT molecular complexity index is 979. The van der Waals surface area contributed by atoms with E-state index in [1.165, 1.54) is 44.5 Å². The molecule has 0 saturated carbocycles. The first-order chi connectivity index (χ1) is 13.8. The summed E-state index contributed by atoms with van der Waals surface area (Å²) < 4.78 is 0. The molecule has 0 unspecified atom stereocenters. The molecule has 0 aromatic heterocycles. The summed E-state index contributed by atoms with van der Waals surface area (Å²) in [5, 5.41) is 0. The molecule has 0 saturated heterocycles. The van der Waals surface area contributed by atoms with Gasteiger partial charge in [-0.25, -0.2) is 0 Å². The molecule has 6 aliphatic carbocycles. The number of allylic oxidation sites excluding steroid dienone is 10. The predicted octanol–water partition coefficient (Wildman–Crippen LogP) is 6.59. The average Bonchev–Trinajstić information content (AvgIpc) is 3.39. The minimum absolute atomic E-state index is 1.07. The van der Waals surface area contributed by atoms with E-state index >= 15 is 0 Å². The Hall–Kier alpha value is -3.12. The van der Waals surface area contributed by atoms with Crippen molar-refractivity contribution in [3.63, 3.8) is 0 Å². The van der Waals surface area contributed by atoms with Crippen LogP contribution >= 0.6 is 0 Å². The van der Waals surface area contributed by atoms with Gasteiger partial charge in [0.15, 0.2) is 0 Å². The van der Waals surface area contributed by atoms with Gasteiger partial charge in [-0.1, -0.05) is 85.0 Å². The normalized spacial score (nSPS) is 16.7. The van der Waals surface area contributed by atoms with Crippen LogP contribution in [0.4, 0.5) is 0 Å². The second kappa shape index (κ2) is 7.48. The van der Waals surface area contributed by atoms with Crippen LogP contribution in [0, 0.1) is 0 Å². The van der Waals surface area contributed by atoms with E-state index in [0.717, 1.165) is 25.7 Å². The van der Waals surface area contributed by atoms with Crippen molar-refractivity contribution in [2.75, 3.05) is 0 Å². The molecular weight excluding hydrogens is 336 g/mol. The Labute approximate surface area is 167 Å². The third-order valence-corrected chi connectivity index (χ3v) is 5.81. The highest BCUT2D eigenvalue weighted by Gasteiger charge is 2.10. The standard InChI is InChI=1S/C28H24/c1-2-6-21(5-1)17-27-19-23-9-13-25(27)15-11-24-10-14-26(16-12-23)28(20-24)18-22-7-3-4-8-22/h1-10,13-14,17-20H,11-12,15-16H2. The van der Waals surface area contributed by atoms with Crippen molar-refractivity contribution >= 4 is 12.2 Å². The highest BCUT2D eigenvalue weighted by molar-refractivity contribution is 5.66. The zero-order valence-corrected chi connectivity index (χ0v) is 16.1. The summed E-state index contributed by atoms with van der Waals surface area (Å²) >= 11 is 0. The van der Waals surface area contributed by atoms with Crippen LogP contribution in [0.2, 0.25) is 0 Å². The molecule has 6 aliphatic rings. The molecule has 8 rings (SSSR count). The van der Waals surface area contributed by atoms with Gasteiger partial charge < -0.3 is 0 Å². The lowest BCUT2D eigenvalue weighted by molar-refractivity contribution is 0.917. The van der Waals surface area contributed by atoms with E-state index in [-0.39, 0.29) is 0 Å². The van der Waals surface area contributed by atoms with Gasteiger partial charge in [-0.3, -0.25) is 0 Å². The van der Waals surface area contributed by atoms with Crippen molar-refractivity contribution in [3.05, 3.63) is 130 Å². The van der Waals surface area contributed by atoms with Crippen LogP contribution in [0.25, 0.3) is 12.2 Å². The summed E-state index contributed by atoms with van der Waals surface area (Å²) in [6, 6.07) is 14.1. The molecule has 0 fully saturated rings. The maximum atomic E-state index is 2.40. The monoisotopic (exact) mass is 360 g/mol. The van der Waals surface area contributed by atoms with Crippen LogP contribution in [0.1, 0.15) is 33.4 Å². The fourth-order valence-electron chi connectivity index (χ4n) is 4.21. The van der Waals surface area contributed by atoms with Gasteiger partial charge in [0, 0.05) is 0 Å². The molecular formula is C28H24. The van der Waals surface area contributed by atoms with Gasteiger partial charge in [0.05, 0.1) is 0 Å². The number of benzene rings is 2. The molecule has 28 heavy (non-hydrogen) atoms. The number of hydrogen-bond acceptors (Lipinski definition) is 0. The van der Waals surface area contributed by atoms with Crippen LogP contribution in [0.5, 0.6) is 0 Å². The summed E-state index contributed by atoms with van der Waals surface area (Å²) in [6.07, 6.45) is 26.1. The molecule has 0 nitrogen and oxygen atoms in total. The zero-order chi connectivity index (χ0) is 18.8. The van der Waals surface area contributed by atoms with Crippen molar-refractivity contribution < 1.29 is 0 Å². The van der Waals surface area contributed by atoms with Crippen molar-refractivity contribution in [1.29, 1.82) is 0 Å². The molecule has 0 spiro atoms. The van der Waals surface area contributed by atoms with E-state index in [1.807, 2.05) is 0 Å². The van der Waals surface area contributed by atoms with E-state index in [9.17, 15) is 0 Å². The summed E-state index contributed by atoms with van der Waals surface area (Å²) in [5.74, 6) is 0. The molecule has 0 atom stereocenters. The minimum Gasteiger partial charge on any atom is -0.0617 e. The lowest BCUT2D eigenvalue weighted by Gasteiger charge is -2.15. The van der Waals surface area contributed by atoms with Crippen LogP contribution < -0.4 is 0 Å². The van der Waals surface area contributed by atoms with Crippen LogP contribution in [0.15, 0.2) is 96.2 Å². The van der Waals surface area contributed by atoms with Gasteiger partial charge in [0.2, 0.25) is 0 Å². The molecule has 0 amide bonds. The van der Waals surface area contributed by atoms with Crippen LogP contribution in [0.3, 0.4) is 0 Å². The SMILES string of the molecule is C1=CC(=Cc2cc3ccc2CCc2ccc(c(C=C4C=CC=C4)c2)CC3)C=C1. The lowest BCUT2D eigenvalue weighted by Crippen LogP contribution is -2.02. The molecule has 0 heterocycles. The van der Waals surface area contributed by atoms with Gasteiger partial charge in [-0.2, -0.15) is 0 Å². The first-order valence-corrected chi connectivity index (χ1v) is 10.2. The maximum Gasteiger partial charge on any atom is -0.0216 e. The highest BCUT2D eigenvalue weighted by Crippen LogP contribution is 2.25. The quantitative estimate of drug-likeness (QED) is 0.567. The molecule has 2 aromatic carbocycles. The van der Waals surface area contributed by atoms with Crippen LogP contribution in [-0.4, -0.2) is 0 Å². The Kier molecular flexibility index (Phi) is 4.54. The summed E-state index contributed by atoms with van der Waals surface area (Å²) in [6.45, 7) is 0. The molecule has 0 N–H and O–H groups in total. The Balaban J connectivity index is 1.51. The van der Waals surface area contributed by atoms with Gasteiger partial charge in [0.1, 0.15) is 0 Å². The number of aryl methyl sites for hydroxylation is 4. The topological polar surface area (TPSA) is 0 Å². The number of rotatable bonds is 2. The first-order valence-electron chi connectivity index (χ1n) is 10.2. The molecule has 136 valence electrons. The van der Waals surface area contributed by atoms with E-state index in [4.69, 9.17) is 0 Å². The van der Waals surface area contributed by atoms with E-state index in [0.29, 0.717) is 0 Å². The second-order valence-corrected chi connectivity index (χ2v) is 7.79. The van der Waals surface area contributed by atoms with Crippen molar-refractivity contribution in [2.24, 2.45) is 0 Å². The van der Waals surface area contributed by atoms with Gasteiger partial charge in [-0.15, -0.1) is 0 Å². The average molecular weight is 361 g/mol. The second-order valence-electron chi connectivity index (χ2n) is 7.79. The predicted molar refractivity (Wildman–Crippen MR) is 120 cm³/mol. The largest absolute Gasteiger partial charge is 0.0617 e. The van der Waals surface area contributed by atoms with E-state index in [1.54, 1.807) is 0 Å². The molecule has 4 bridgehead atoms. The van der Waals surface area contributed by atoms with E-state index < -0.39 is 0 Å². The Morgan fingerprint density at radius 1 is 0.500 bits per heavy atom. The Morgan fingerprint density at radius 2 is 0.929 bits per heavy atom. The Morgan fingerprint density at radius 3 is 1.36 bits per heavy atom. The summed E-state index contributed by atoms with van der Waals surface area (Å²) in [4.78, 5) is 0. The summed E-state index contributed by atoms with van der Waals surface area (Å²) in [5.41, 5.74) is 11.1. The molecule has 2 aromatic rings. The first kappa shape index (κ1) is 17.0. The zero-order valence-electron chi connectivity index (χ0n) is 16.1. The fourth-order valence-corrected chi connectivity index (χ4v) is 4.21. The summed E-state index contributed by atoms with van der Waals surface area (Å²) in [7, 11) is 0. The minimum atomic E-state index is 1.07. The highest BCUT2D eigenvalue weighted by atomic mass is 14.1. The fraction of sp³-hybridized carbons (Fsp3) is 0.143. The smallest absolute Gasteiger partial charge is 0.0216 e. The van der Waals surface area contributed by atoms with Crippen LogP contribution in [-0.2, 0) is 25.7 Å². The van der Waals surface area contributed by atoms with Crippen molar-refractivity contribution in [3.8, 4) is 0 Å². The lowest BCUT2D eigenvalue weighted by atomic mass is 9.90. The molecule has 0 heteroatoms. The third-order valence-electron chi connectivity index (χ3n) is 5.81. The molecule has 0 aliphatic heterocycles. The van der Waals surface area contributed by atoms with E-state index in [2.05, 4.69) is 97.2 Å². The molecule has 0 radical (unpaired) electrons. The van der Waals surface area contributed by atoms with Gasteiger partial charge in [0.25, 0.3) is 0 Å². The maximum absolute atomic E-state index is 2.40.